The summed E-state index contributed by atoms with van der Waals surface area (Å²) < 4.78 is 5.23. The average molecular weight is 245 g/mol. The minimum Gasteiger partial charge on any atom is -0.414 e. The molecule has 0 saturated heterocycles. The van der Waals surface area contributed by atoms with E-state index < -0.39 is 0 Å². The molecule has 0 spiro atoms. The SMILES string of the molecule is S=c1[nH]nc(CCc2c[nH]c3ccccc23)o1. The largest absolute Gasteiger partial charge is 0.414 e. The molecule has 0 aliphatic rings. The second kappa shape index (κ2) is 4.18. The van der Waals surface area contributed by atoms with E-state index >= 15 is 0 Å². The minimum atomic E-state index is 0.332. The molecule has 2 N–H and O–H groups in total. The maximum atomic E-state index is 5.23. The number of fused-ring (bicyclic) bond motifs is 1. The van der Waals surface area contributed by atoms with Gasteiger partial charge >= 0.3 is 0 Å². The topological polar surface area (TPSA) is 57.6 Å². The van der Waals surface area contributed by atoms with E-state index in [0.29, 0.717) is 10.7 Å². The fourth-order valence-electron chi connectivity index (χ4n) is 1.95. The summed E-state index contributed by atoms with van der Waals surface area (Å²) in [5.41, 5.74) is 2.43. The molecule has 0 fully saturated rings. The van der Waals surface area contributed by atoms with Crippen LogP contribution in [0.15, 0.2) is 34.9 Å². The summed E-state index contributed by atoms with van der Waals surface area (Å²) in [4.78, 5) is 3.58. The van der Waals surface area contributed by atoms with Crippen molar-refractivity contribution >= 4 is 23.1 Å². The highest BCUT2D eigenvalue weighted by atomic mass is 32.1. The van der Waals surface area contributed by atoms with Crippen molar-refractivity contribution in [3.05, 3.63) is 46.8 Å². The number of aryl methyl sites for hydroxylation is 2. The number of rotatable bonds is 3. The lowest BCUT2D eigenvalue weighted by molar-refractivity contribution is 0.480. The highest BCUT2D eigenvalue weighted by Crippen LogP contribution is 2.19. The van der Waals surface area contributed by atoms with Crippen molar-refractivity contribution in [3.63, 3.8) is 0 Å². The predicted molar refractivity (Wildman–Crippen MR) is 67.4 cm³/mol. The fraction of sp³-hybridized carbons (Fsp3) is 0.167. The Kier molecular flexibility index (Phi) is 2.53. The first-order valence-electron chi connectivity index (χ1n) is 5.42. The summed E-state index contributed by atoms with van der Waals surface area (Å²) in [7, 11) is 0. The van der Waals surface area contributed by atoms with E-state index in [-0.39, 0.29) is 0 Å². The van der Waals surface area contributed by atoms with Crippen molar-refractivity contribution in [3.8, 4) is 0 Å². The number of aromatic nitrogens is 3. The van der Waals surface area contributed by atoms with Crippen molar-refractivity contribution in [2.45, 2.75) is 12.8 Å². The maximum absolute atomic E-state index is 5.23. The Morgan fingerprint density at radius 2 is 2.12 bits per heavy atom. The normalized spacial score (nSPS) is 11.1. The van der Waals surface area contributed by atoms with Crippen LogP contribution in [0.3, 0.4) is 0 Å². The molecular weight excluding hydrogens is 234 g/mol. The van der Waals surface area contributed by atoms with E-state index in [0.717, 1.165) is 18.4 Å². The minimum absolute atomic E-state index is 0.332. The molecule has 0 aliphatic heterocycles. The number of benzene rings is 1. The first kappa shape index (κ1) is 10.3. The molecule has 86 valence electrons. The second-order valence-electron chi connectivity index (χ2n) is 3.87. The molecule has 5 heteroatoms. The van der Waals surface area contributed by atoms with Crippen LogP contribution in [0.2, 0.25) is 0 Å². The first-order chi connectivity index (χ1) is 8.33. The third-order valence-corrected chi connectivity index (χ3v) is 2.94. The molecule has 3 rings (SSSR count). The number of aromatic amines is 2. The van der Waals surface area contributed by atoms with Gasteiger partial charge in [-0.15, -0.1) is 5.10 Å². The van der Waals surface area contributed by atoms with E-state index in [1.807, 2.05) is 18.3 Å². The Bertz CT molecular complexity index is 695. The van der Waals surface area contributed by atoms with Gasteiger partial charge in [0.15, 0.2) is 0 Å². The molecule has 0 amide bonds. The zero-order valence-electron chi connectivity index (χ0n) is 9.06. The number of hydrogen-bond donors (Lipinski definition) is 2. The van der Waals surface area contributed by atoms with Crippen LogP contribution in [-0.4, -0.2) is 15.2 Å². The average Bonchev–Trinajstić information content (AvgIpc) is 2.93. The van der Waals surface area contributed by atoms with E-state index in [2.05, 4.69) is 27.3 Å². The number of hydrogen-bond acceptors (Lipinski definition) is 3. The summed E-state index contributed by atoms with van der Waals surface area (Å²) in [5.74, 6) is 0.653. The highest BCUT2D eigenvalue weighted by molar-refractivity contribution is 7.71. The van der Waals surface area contributed by atoms with E-state index in [4.69, 9.17) is 16.6 Å². The lowest BCUT2D eigenvalue weighted by Crippen LogP contribution is -1.90. The molecule has 0 atom stereocenters. The summed E-state index contributed by atoms with van der Waals surface area (Å²) >= 11 is 4.83. The highest BCUT2D eigenvalue weighted by Gasteiger charge is 2.05. The maximum Gasteiger partial charge on any atom is 0.284 e. The van der Waals surface area contributed by atoms with Gasteiger partial charge in [-0.3, -0.25) is 0 Å². The zero-order valence-corrected chi connectivity index (χ0v) is 9.88. The zero-order chi connectivity index (χ0) is 11.7. The number of H-pyrrole nitrogens is 2. The molecule has 2 heterocycles. The summed E-state index contributed by atoms with van der Waals surface area (Å²) in [6, 6.07) is 8.25. The standard InChI is InChI=1S/C12H11N3OS/c17-12-15-14-11(16-12)6-5-8-7-13-10-4-2-1-3-9(8)10/h1-4,7,13H,5-6H2,(H,15,17). The van der Waals surface area contributed by atoms with Gasteiger partial charge in [0.05, 0.1) is 0 Å². The second-order valence-corrected chi connectivity index (χ2v) is 4.24. The first-order valence-corrected chi connectivity index (χ1v) is 5.83. The van der Waals surface area contributed by atoms with Crippen molar-refractivity contribution in [1.82, 2.24) is 15.2 Å². The third-order valence-electron chi connectivity index (χ3n) is 2.77. The lowest BCUT2D eigenvalue weighted by atomic mass is 10.1. The third kappa shape index (κ3) is 2.01. The van der Waals surface area contributed by atoms with E-state index in [9.17, 15) is 0 Å². The summed E-state index contributed by atoms with van der Waals surface area (Å²) in [5, 5.41) is 7.87. The van der Waals surface area contributed by atoms with Gasteiger partial charge in [0.25, 0.3) is 4.84 Å². The summed E-state index contributed by atoms with van der Waals surface area (Å²) in [6.45, 7) is 0. The molecule has 0 unspecified atom stereocenters. The van der Waals surface area contributed by atoms with Gasteiger partial charge in [0, 0.05) is 23.5 Å². The van der Waals surface area contributed by atoms with Crippen LogP contribution in [0.4, 0.5) is 0 Å². The molecular formula is C12H11N3OS. The van der Waals surface area contributed by atoms with Crippen LogP contribution < -0.4 is 0 Å². The van der Waals surface area contributed by atoms with Crippen LogP contribution in [-0.2, 0) is 12.8 Å². The molecule has 0 radical (unpaired) electrons. The van der Waals surface area contributed by atoms with Gasteiger partial charge < -0.3 is 9.40 Å². The molecule has 3 aromatic rings. The van der Waals surface area contributed by atoms with Gasteiger partial charge in [-0.1, -0.05) is 18.2 Å². The predicted octanol–water partition coefficient (Wildman–Crippen LogP) is 3.00. The van der Waals surface area contributed by atoms with E-state index in [1.54, 1.807) is 0 Å². The quantitative estimate of drug-likeness (QED) is 0.697. The Morgan fingerprint density at radius 1 is 1.24 bits per heavy atom. The lowest BCUT2D eigenvalue weighted by Gasteiger charge is -1.95. The number of nitrogens with one attached hydrogen (secondary N) is 2. The Balaban J connectivity index is 1.83. The van der Waals surface area contributed by atoms with Gasteiger partial charge in [0.2, 0.25) is 5.89 Å². The Hall–Kier alpha value is -1.88. The van der Waals surface area contributed by atoms with Crippen LogP contribution in [0.5, 0.6) is 0 Å². The Labute approximate surface area is 103 Å². The van der Waals surface area contributed by atoms with Crippen LogP contribution in [0, 0.1) is 4.84 Å². The summed E-state index contributed by atoms with van der Waals surface area (Å²) in [6.07, 6.45) is 3.66. The molecule has 0 bridgehead atoms. The van der Waals surface area contributed by atoms with Gasteiger partial charge in [-0.2, -0.15) is 0 Å². The van der Waals surface area contributed by atoms with Crippen molar-refractivity contribution < 1.29 is 4.42 Å². The fourth-order valence-corrected chi connectivity index (χ4v) is 2.09. The smallest absolute Gasteiger partial charge is 0.284 e. The number of para-hydroxylation sites is 1. The molecule has 0 aliphatic carbocycles. The van der Waals surface area contributed by atoms with Crippen molar-refractivity contribution in [2.75, 3.05) is 0 Å². The molecule has 17 heavy (non-hydrogen) atoms. The monoisotopic (exact) mass is 245 g/mol. The van der Waals surface area contributed by atoms with Crippen molar-refractivity contribution in [2.24, 2.45) is 0 Å². The molecule has 2 aromatic heterocycles. The Morgan fingerprint density at radius 3 is 2.94 bits per heavy atom. The van der Waals surface area contributed by atoms with Crippen LogP contribution >= 0.6 is 12.2 Å². The van der Waals surface area contributed by atoms with Gasteiger partial charge in [-0.25, -0.2) is 5.10 Å². The van der Waals surface area contributed by atoms with Crippen LogP contribution in [0.25, 0.3) is 10.9 Å². The van der Waals surface area contributed by atoms with Gasteiger partial charge in [0.1, 0.15) is 0 Å². The molecule has 4 nitrogen and oxygen atoms in total. The van der Waals surface area contributed by atoms with E-state index in [1.165, 1.54) is 10.9 Å². The van der Waals surface area contributed by atoms with Gasteiger partial charge in [-0.05, 0) is 30.3 Å². The molecule has 0 saturated carbocycles. The molecule has 1 aromatic carbocycles. The van der Waals surface area contributed by atoms with Crippen LogP contribution in [0.1, 0.15) is 11.5 Å². The number of nitrogens with zero attached hydrogens (tertiary/aromatic N) is 1. The van der Waals surface area contributed by atoms with Crippen molar-refractivity contribution in [1.29, 1.82) is 0 Å².